The minimum absolute atomic E-state index is 0.314. The van der Waals surface area contributed by atoms with E-state index >= 15 is 0 Å². The topological polar surface area (TPSA) is 57.0 Å². The molecule has 0 radical (unpaired) electrons. The minimum Gasteiger partial charge on any atom is -0.454 e. The summed E-state index contributed by atoms with van der Waals surface area (Å²) in [7, 11) is 0. The molecule has 0 N–H and O–H groups in total. The molecule has 23 heavy (non-hydrogen) atoms. The third-order valence-corrected chi connectivity index (χ3v) is 3.53. The molecule has 116 valence electrons. The van der Waals surface area contributed by atoms with Crippen molar-refractivity contribution in [3.8, 4) is 0 Å². The van der Waals surface area contributed by atoms with Crippen LogP contribution in [0, 0.1) is 0 Å². The van der Waals surface area contributed by atoms with Crippen LogP contribution in [0.3, 0.4) is 0 Å². The van der Waals surface area contributed by atoms with E-state index in [2.05, 4.69) is 9.97 Å². The molecule has 2 heterocycles. The van der Waals surface area contributed by atoms with E-state index in [0.29, 0.717) is 12.0 Å². The maximum Gasteiger partial charge on any atom is 0.340 e. The highest BCUT2D eigenvalue weighted by molar-refractivity contribution is 5.89. The minimum atomic E-state index is -0.363. The molecule has 3 rings (SSSR count). The first-order chi connectivity index (χ1) is 11.3. The van der Waals surface area contributed by atoms with Crippen LogP contribution in [0.25, 0.3) is 0 Å². The Kier molecular flexibility index (Phi) is 4.79. The zero-order valence-corrected chi connectivity index (χ0v) is 12.6. The number of nitrogens with zero attached hydrogens (tertiary/aromatic N) is 3. The van der Waals surface area contributed by atoms with Crippen molar-refractivity contribution in [3.05, 3.63) is 84.7 Å². The maximum absolute atomic E-state index is 12.3. The van der Waals surface area contributed by atoms with Crippen LogP contribution < -0.4 is 0 Å². The fraction of sp³-hybridized carbons (Fsp3) is 0.167. The highest BCUT2D eigenvalue weighted by Crippen LogP contribution is 2.23. The van der Waals surface area contributed by atoms with E-state index in [1.54, 1.807) is 30.9 Å². The molecule has 5 heteroatoms. The van der Waals surface area contributed by atoms with Gasteiger partial charge >= 0.3 is 5.97 Å². The van der Waals surface area contributed by atoms with Crippen molar-refractivity contribution < 1.29 is 9.53 Å². The van der Waals surface area contributed by atoms with Gasteiger partial charge in [0, 0.05) is 37.8 Å². The molecule has 0 spiro atoms. The number of imidazole rings is 1. The van der Waals surface area contributed by atoms with Crippen LogP contribution in [0.15, 0.2) is 73.6 Å². The van der Waals surface area contributed by atoms with E-state index in [1.165, 1.54) is 6.20 Å². The number of aromatic nitrogens is 3. The van der Waals surface area contributed by atoms with Crippen LogP contribution in [-0.2, 0) is 11.3 Å². The van der Waals surface area contributed by atoms with Crippen LogP contribution in [0.4, 0.5) is 0 Å². The van der Waals surface area contributed by atoms with Gasteiger partial charge < -0.3 is 9.30 Å². The number of pyridine rings is 1. The first kappa shape index (κ1) is 15.0. The number of ether oxygens (including phenoxy) is 1. The van der Waals surface area contributed by atoms with Gasteiger partial charge in [-0.2, -0.15) is 0 Å². The number of carbonyl (C=O) groups is 1. The number of hydrogen-bond donors (Lipinski definition) is 0. The van der Waals surface area contributed by atoms with Gasteiger partial charge in [0.05, 0.1) is 11.9 Å². The Morgan fingerprint density at radius 2 is 1.96 bits per heavy atom. The van der Waals surface area contributed by atoms with Crippen molar-refractivity contribution >= 4 is 5.97 Å². The second kappa shape index (κ2) is 7.35. The Hall–Kier alpha value is -2.95. The molecule has 1 atom stereocenters. The smallest absolute Gasteiger partial charge is 0.340 e. The first-order valence-electron chi connectivity index (χ1n) is 7.44. The van der Waals surface area contributed by atoms with Crippen molar-refractivity contribution in [2.45, 2.75) is 19.1 Å². The zero-order chi connectivity index (χ0) is 15.9. The number of benzene rings is 1. The van der Waals surface area contributed by atoms with E-state index in [0.717, 1.165) is 12.1 Å². The highest BCUT2D eigenvalue weighted by atomic mass is 16.5. The molecule has 0 saturated heterocycles. The Morgan fingerprint density at radius 3 is 2.65 bits per heavy atom. The average molecular weight is 307 g/mol. The molecular formula is C18H17N3O2. The van der Waals surface area contributed by atoms with Gasteiger partial charge in [0.25, 0.3) is 0 Å². The van der Waals surface area contributed by atoms with Crippen molar-refractivity contribution in [2.24, 2.45) is 0 Å². The summed E-state index contributed by atoms with van der Waals surface area (Å²) in [6, 6.07) is 13.2. The quantitative estimate of drug-likeness (QED) is 0.656. The predicted octanol–water partition coefficient (Wildman–Crippen LogP) is 3.27. The van der Waals surface area contributed by atoms with Gasteiger partial charge in [-0.1, -0.05) is 30.3 Å². The molecule has 3 aromatic rings. The lowest BCUT2D eigenvalue weighted by Gasteiger charge is -2.18. The molecule has 0 aliphatic heterocycles. The third-order valence-electron chi connectivity index (χ3n) is 3.53. The molecule has 5 nitrogen and oxygen atoms in total. The fourth-order valence-electron chi connectivity index (χ4n) is 2.33. The van der Waals surface area contributed by atoms with E-state index in [4.69, 9.17) is 4.74 Å². The Balaban J connectivity index is 1.73. The van der Waals surface area contributed by atoms with Crippen LogP contribution in [0.2, 0.25) is 0 Å². The van der Waals surface area contributed by atoms with Crippen LogP contribution in [0.5, 0.6) is 0 Å². The van der Waals surface area contributed by atoms with Crippen molar-refractivity contribution in [1.29, 1.82) is 0 Å². The molecule has 2 aromatic heterocycles. The summed E-state index contributed by atoms with van der Waals surface area (Å²) in [5.41, 5.74) is 1.43. The second-order valence-electron chi connectivity index (χ2n) is 5.14. The molecule has 1 aromatic carbocycles. The Bertz CT molecular complexity index is 727. The normalized spacial score (nSPS) is 11.8. The highest BCUT2D eigenvalue weighted by Gasteiger charge is 2.18. The summed E-state index contributed by atoms with van der Waals surface area (Å²) in [6.45, 7) is 0.722. The Morgan fingerprint density at radius 1 is 1.09 bits per heavy atom. The summed E-state index contributed by atoms with van der Waals surface area (Å²) < 4.78 is 7.67. The van der Waals surface area contributed by atoms with Gasteiger partial charge in [-0.05, 0) is 17.7 Å². The first-order valence-corrected chi connectivity index (χ1v) is 7.44. The molecule has 0 amide bonds. The predicted molar refractivity (Wildman–Crippen MR) is 85.7 cm³/mol. The van der Waals surface area contributed by atoms with Gasteiger partial charge in [-0.3, -0.25) is 4.98 Å². The summed E-state index contributed by atoms with van der Waals surface area (Å²) in [5.74, 6) is -0.363. The second-order valence-corrected chi connectivity index (χ2v) is 5.14. The SMILES string of the molecule is O=C(OC(CCn1ccnc1)c1ccccc1)c1cccnc1. The van der Waals surface area contributed by atoms with Gasteiger partial charge in [0.2, 0.25) is 0 Å². The molecule has 1 unspecified atom stereocenters. The number of esters is 1. The van der Waals surface area contributed by atoms with Gasteiger partial charge in [-0.25, -0.2) is 9.78 Å². The van der Waals surface area contributed by atoms with Crippen LogP contribution >= 0.6 is 0 Å². The summed E-state index contributed by atoms with van der Waals surface area (Å²) in [4.78, 5) is 20.3. The average Bonchev–Trinajstić information content (AvgIpc) is 3.13. The number of hydrogen-bond acceptors (Lipinski definition) is 4. The molecule has 0 bridgehead atoms. The maximum atomic E-state index is 12.3. The molecule has 0 aliphatic carbocycles. The van der Waals surface area contributed by atoms with E-state index in [-0.39, 0.29) is 12.1 Å². The van der Waals surface area contributed by atoms with Crippen LogP contribution in [0.1, 0.15) is 28.4 Å². The van der Waals surface area contributed by atoms with Crippen molar-refractivity contribution in [2.75, 3.05) is 0 Å². The molecule has 0 fully saturated rings. The summed E-state index contributed by atoms with van der Waals surface area (Å²) >= 11 is 0. The van der Waals surface area contributed by atoms with Crippen LogP contribution in [-0.4, -0.2) is 20.5 Å². The van der Waals surface area contributed by atoms with E-state index in [9.17, 15) is 4.79 Å². The zero-order valence-electron chi connectivity index (χ0n) is 12.6. The van der Waals surface area contributed by atoms with Crippen molar-refractivity contribution in [1.82, 2.24) is 14.5 Å². The van der Waals surface area contributed by atoms with Gasteiger partial charge in [-0.15, -0.1) is 0 Å². The lowest BCUT2D eigenvalue weighted by atomic mass is 10.1. The Labute approximate surface area is 134 Å². The summed E-state index contributed by atoms with van der Waals surface area (Å²) in [6.07, 6.45) is 8.89. The fourth-order valence-corrected chi connectivity index (χ4v) is 2.33. The number of rotatable bonds is 6. The lowest BCUT2D eigenvalue weighted by molar-refractivity contribution is 0.0266. The largest absolute Gasteiger partial charge is 0.454 e. The summed E-state index contributed by atoms with van der Waals surface area (Å²) in [5, 5.41) is 0. The monoisotopic (exact) mass is 307 g/mol. The number of carbonyl (C=O) groups excluding carboxylic acids is 1. The van der Waals surface area contributed by atoms with E-state index < -0.39 is 0 Å². The molecule has 0 saturated carbocycles. The van der Waals surface area contributed by atoms with Gasteiger partial charge in [0.15, 0.2) is 0 Å². The third kappa shape index (κ3) is 4.03. The molecule has 0 aliphatic rings. The standard InChI is InChI=1S/C18H17N3O2/c22-18(16-7-4-9-19-13-16)23-17(15-5-2-1-3-6-15)8-11-21-12-10-20-14-21/h1-7,9-10,12-14,17H,8,11H2. The van der Waals surface area contributed by atoms with Crippen molar-refractivity contribution in [3.63, 3.8) is 0 Å². The van der Waals surface area contributed by atoms with Gasteiger partial charge in [0.1, 0.15) is 6.10 Å². The van der Waals surface area contributed by atoms with E-state index in [1.807, 2.05) is 41.1 Å². The lowest BCUT2D eigenvalue weighted by Crippen LogP contribution is -2.14. The molecular weight excluding hydrogens is 290 g/mol. The number of aryl methyl sites for hydroxylation is 1.